The van der Waals surface area contributed by atoms with Crippen molar-refractivity contribution in [2.45, 2.75) is 25.7 Å². The summed E-state index contributed by atoms with van der Waals surface area (Å²) in [6.45, 7) is 0. The quantitative estimate of drug-likeness (QED) is 0.473. The molecule has 0 aliphatic heterocycles. The Kier molecular flexibility index (Phi) is 5.02. The number of allylic oxidation sites excluding steroid dienone is 8. The SMILES string of the molecule is C1=CCC/C=C/C/C=C/C/C=C\1. The number of rotatable bonds is 0. The second-order valence-electron chi connectivity index (χ2n) is 2.85. The lowest BCUT2D eigenvalue weighted by atomic mass is 10.2. The van der Waals surface area contributed by atoms with Crippen LogP contribution in [0.4, 0.5) is 0 Å². The van der Waals surface area contributed by atoms with Crippen molar-refractivity contribution in [3.05, 3.63) is 48.6 Å². The molecule has 0 nitrogen and oxygen atoms in total. The summed E-state index contributed by atoms with van der Waals surface area (Å²) in [5.74, 6) is 0. The third-order valence-corrected chi connectivity index (χ3v) is 1.76. The van der Waals surface area contributed by atoms with Crippen LogP contribution in [-0.2, 0) is 0 Å². The van der Waals surface area contributed by atoms with Gasteiger partial charge in [0, 0.05) is 0 Å². The summed E-state index contributed by atoms with van der Waals surface area (Å²) in [5, 5.41) is 0. The standard InChI is InChI=1S/C12H16/c1-2-4-6-8-10-12-11-9-7-5-3-1/h1-4,7,9-10,12H,5-6,8,11H2/b3-1-,4-2?,9-7+,12-10+. The molecule has 12 heavy (non-hydrogen) atoms. The first-order valence-corrected chi connectivity index (χ1v) is 4.62. The molecule has 64 valence electrons. The molecule has 0 heteroatoms. The molecule has 0 radical (unpaired) electrons. The molecule has 0 fully saturated rings. The highest BCUT2D eigenvalue weighted by molar-refractivity contribution is 5.06. The minimum absolute atomic E-state index is 1.05. The van der Waals surface area contributed by atoms with Crippen LogP contribution in [0.25, 0.3) is 0 Å². The summed E-state index contributed by atoms with van der Waals surface area (Å²) in [7, 11) is 0. The van der Waals surface area contributed by atoms with E-state index >= 15 is 0 Å². The summed E-state index contributed by atoms with van der Waals surface area (Å²) in [5.41, 5.74) is 0. The molecule has 0 spiro atoms. The van der Waals surface area contributed by atoms with Crippen LogP contribution in [0.5, 0.6) is 0 Å². The predicted molar refractivity (Wildman–Crippen MR) is 55.0 cm³/mol. The first kappa shape index (κ1) is 9.05. The zero-order valence-electron chi connectivity index (χ0n) is 7.45. The van der Waals surface area contributed by atoms with Crippen LogP contribution in [0.15, 0.2) is 48.6 Å². The van der Waals surface area contributed by atoms with Gasteiger partial charge in [-0.1, -0.05) is 48.6 Å². The van der Waals surface area contributed by atoms with Crippen molar-refractivity contribution in [1.29, 1.82) is 0 Å². The Bertz CT molecular complexity index is 204. The summed E-state index contributed by atoms with van der Waals surface area (Å²) in [6, 6.07) is 0. The predicted octanol–water partition coefficient (Wildman–Crippen LogP) is 3.79. The van der Waals surface area contributed by atoms with Crippen molar-refractivity contribution in [1.82, 2.24) is 0 Å². The van der Waals surface area contributed by atoms with Crippen LogP contribution in [-0.4, -0.2) is 0 Å². The summed E-state index contributed by atoms with van der Waals surface area (Å²) in [6.07, 6.45) is 22.0. The number of hydrogen-bond acceptors (Lipinski definition) is 0. The van der Waals surface area contributed by atoms with E-state index in [9.17, 15) is 0 Å². The summed E-state index contributed by atoms with van der Waals surface area (Å²) < 4.78 is 0. The molecule has 0 aromatic rings. The Labute approximate surface area is 75.0 Å². The van der Waals surface area contributed by atoms with Crippen LogP contribution >= 0.6 is 0 Å². The van der Waals surface area contributed by atoms with E-state index in [2.05, 4.69) is 48.6 Å². The fourth-order valence-electron chi connectivity index (χ4n) is 1.09. The largest absolute Gasteiger partial charge is 0.0879 e. The van der Waals surface area contributed by atoms with E-state index in [1.165, 1.54) is 0 Å². The van der Waals surface area contributed by atoms with E-state index in [1.54, 1.807) is 0 Å². The molecule has 0 bridgehead atoms. The fraction of sp³-hybridized carbons (Fsp3) is 0.333. The summed E-state index contributed by atoms with van der Waals surface area (Å²) in [4.78, 5) is 0. The van der Waals surface area contributed by atoms with Gasteiger partial charge in [-0.15, -0.1) is 0 Å². The van der Waals surface area contributed by atoms with Gasteiger partial charge >= 0.3 is 0 Å². The molecule has 1 rings (SSSR count). The Morgan fingerprint density at radius 1 is 0.500 bits per heavy atom. The fourth-order valence-corrected chi connectivity index (χ4v) is 1.09. The molecule has 1 aliphatic carbocycles. The first-order chi connectivity index (χ1) is 6.00. The van der Waals surface area contributed by atoms with Crippen LogP contribution in [0.2, 0.25) is 0 Å². The Balaban J connectivity index is 2.41. The van der Waals surface area contributed by atoms with Gasteiger partial charge in [0.15, 0.2) is 0 Å². The Morgan fingerprint density at radius 2 is 1.08 bits per heavy atom. The van der Waals surface area contributed by atoms with Gasteiger partial charge in [0.1, 0.15) is 0 Å². The van der Waals surface area contributed by atoms with Gasteiger partial charge in [-0.25, -0.2) is 0 Å². The van der Waals surface area contributed by atoms with Crippen molar-refractivity contribution in [3.63, 3.8) is 0 Å². The second kappa shape index (κ2) is 6.66. The van der Waals surface area contributed by atoms with Crippen LogP contribution in [0.1, 0.15) is 25.7 Å². The maximum absolute atomic E-state index is 2.25. The van der Waals surface area contributed by atoms with Gasteiger partial charge in [-0.05, 0) is 25.7 Å². The maximum Gasteiger partial charge on any atom is -0.0166 e. The molecule has 0 aromatic heterocycles. The van der Waals surface area contributed by atoms with E-state index in [4.69, 9.17) is 0 Å². The number of hydrogen-bond donors (Lipinski definition) is 0. The van der Waals surface area contributed by atoms with E-state index in [0.717, 1.165) is 25.7 Å². The molecular weight excluding hydrogens is 144 g/mol. The summed E-state index contributed by atoms with van der Waals surface area (Å²) >= 11 is 0. The lowest BCUT2D eigenvalue weighted by Gasteiger charge is -1.88. The minimum atomic E-state index is 1.05. The molecule has 0 aromatic carbocycles. The molecule has 0 saturated heterocycles. The van der Waals surface area contributed by atoms with Crippen molar-refractivity contribution in [2.24, 2.45) is 0 Å². The van der Waals surface area contributed by atoms with Crippen LogP contribution in [0.3, 0.4) is 0 Å². The monoisotopic (exact) mass is 160 g/mol. The molecule has 0 amide bonds. The second-order valence-corrected chi connectivity index (χ2v) is 2.85. The zero-order valence-corrected chi connectivity index (χ0v) is 7.45. The first-order valence-electron chi connectivity index (χ1n) is 4.62. The van der Waals surface area contributed by atoms with Gasteiger partial charge in [0.05, 0.1) is 0 Å². The van der Waals surface area contributed by atoms with Crippen molar-refractivity contribution < 1.29 is 0 Å². The minimum Gasteiger partial charge on any atom is -0.0879 e. The Hall–Kier alpha value is -1.04. The smallest absolute Gasteiger partial charge is 0.0166 e. The van der Waals surface area contributed by atoms with E-state index in [-0.39, 0.29) is 0 Å². The lowest BCUT2D eigenvalue weighted by molar-refractivity contribution is 1.04. The van der Waals surface area contributed by atoms with Gasteiger partial charge < -0.3 is 0 Å². The highest BCUT2D eigenvalue weighted by atomic mass is 13.8. The molecule has 0 heterocycles. The van der Waals surface area contributed by atoms with Gasteiger partial charge in [0.2, 0.25) is 0 Å². The van der Waals surface area contributed by atoms with Crippen molar-refractivity contribution in [2.75, 3.05) is 0 Å². The van der Waals surface area contributed by atoms with Crippen molar-refractivity contribution >= 4 is 0 Å². The average Bonchev–Trinajstić information content (AvgIpc) is 2.05. The third-order valence-electron chi connectivity index (χ3n) is 1.76. The van der Waals surface area contributed by atoms with Crippen molar-refractivity contribution in [3.8, 4) is 0 Å². The topological polar surface area (TPSA) is 0 Å². The Morgan fingerprint density at radius 3 is 2.00 bits per heavy atom. The van der Waals surface area contributed by atoms with Gasteiger partial charge in [0.25, 0.3) is 0 Å². The van der Waals surface area contributed by atoms with E-state index < -0.39 is 0 Å². The molecule has 0 unspecified atom stereocenters. The molecule has 0 atom stereocenters. The molecule has 0 N–H and O–H groups in total. The maximum atomic E-state index is 2.25. The van der Waals surface area contributed by atoms with E-state index in [0.29, 0.717) is 0 Å². The van der Waals surface area contributed by atoms with Gasteiger partial charge in [-0.2, -0.15) is 0 Å². The van der Waals surface area contributed by atoms with Crippen LogP contribution < -0.4 is 0 Å². The van der Waals surface area contributed by atoms with Gasteiger partial charge in [-0.3, -0.25) is 0 Å². The highest BCUT2D eigenvalue weighted by Crippen LogP contribution is 1.98. The average molecular weight is 160 g/mol. The molecule has 1 aliphatic rings. The molecule has 0 saturated carbocycles. The normalized spacial score (nSPS) is 26.7. The van der Waals surface area contributed by atoms with E-state index in [1.807, 2.05) is 0 Å². The highest BCUT2D eigenvalue weighted by Gasteiger charge is 1.77. The molecular formula is C12H16. The third kappa shape index (κ3) is 4.73. The van der Waals surface area contributed by atoms with Crippen LogP contribution in [0, 0.1) is 0 Å². The zero-order chi connectivity index (χ0) is 8.49. The lowest BCUT2D eigenvalue weighted by Crippen LogP contribution is -1.67.